The Morgan fingerprint density at radius 2 is 2.18 bits per heavy atom. The minimum Gasteiger partial charge on any atom is -0.393 e. The number of carbonyl (C=O) groups is 1. The van der Waals surface area contributed by atoms with Crippen LogP contribution in [0.4, 0.5) is 0 Å². The molecular weight excluding hydrogens is 166 g/mol. The molecule has 1 unspecified atom stereocenters. The van der Waals surface area contributed by atoms with Gasteiger partial charge in [-0.2, -0.15) is 0 Å². The number of hydrogen-bond donors (Lipinski definition) is 2. The van der Waals surface area contributed by atoms with Crippen molar-refractivity contribution in [3.63, 3.8) is 0 Å². The quantitative estimate of drug-likeness (QED) is 0.625. The third-order valence-electron chi connectivity index (χ3n) is 1.25. The first-order valence-corrected chi connectivity index (χ1v) is 3.66. The number of rotatable bonds is 3. The molecule has 11 heavy (non-hydrogen) atoms. The lowest BCUT2D eigenvalue weighted by Gasteiger charge is -2.04. The van der Waals surface area contributed by atoms with E-state index in [-0.39, 0.29) is 6.42 Å². The van der Waals surface area contributed by atoms with Crippen molar-refractivity contribution >= 4 is 17.5 Å². The smallest absolute Gasteiger partial charge is 0.245 e. The maximum absolute atomic E-state index is 10.5. The molecule has 0 aromatic rings. The van der Waals surface area contributed by atoms with Crippen molar-refractivity contribution in [1.29, 1.82) is 0 Å². The zero-order valence-corrected chi connectivity index (χ0v) is 7.35. The van der Waals surface area contributed by atoms with Crippen LogP contribution in [0.1, 0.15) is 20.3 Å². The fourth-order valence-electron chi connectivity index (χ4n) is 0.546. The van der Waals surface area contributed by atoms with E-state index in [0.717, 1.165) is 0 Å². The minimum absolute atomic E-state index is 0.274. The summed E-state index contributed by atoms with van der Waals surface area (Å²) in [6.07, 6.45) is -0.270. The summed E-state index contributed by atoms with van der Waals surface area (Å²) in [6, 6.07) is 0. The summed E-state index contributed by atoms with van der Waals surface area (Å²) in [5.74, 6) is -0.546. The predicted octanol–water partition coefficient (Wildman–Crippen LogP) is 0.755. The van der Waals surface area contributed by atoms with Crippen molar-refractivity contribution in [3.8, 4) is 0 Å². The Labute approximate surface area is 70.8 Å². The maximum Gasteiger partial charge on any atom is 0.245 e. The summed E-state index contributed by atoms with van der Waals surface area (Å²) in [6.45, 7) is 3.13. The molecule has 64 valence electrons. The van der Waals surface area contributed by atoms with E-state index in [4.69, 9.17) is 22.4 Å². The van der Waals surface area contributed by atoms with Crippen LogP contribution < -0.4 is 5.73 Å². The fraction of sp³-hybridized carbons (Fsp3) is 0.571. The van der Waals surface area contributed by atoms with Crippen LogP contribution in [0.5, 0.6) is 0 Å². The van der Waals surface area contributed by atoms with Gasteiger partial charge in [-0.25, -0.2) is 0 Å². The van der Waals surface area contributed by atoms with E-state index in [0.29, 0.717) is 10.6 Å². The van der Waals surface area contributed by atoms with Crippen LogP contribution in [0, 0.1) is 0 Å². The summed E-state index contributed by atoms with van der Waals surface area (Å²) in [4.78, 5) is 10.5. The fourth-order valence-corrected chi connectivity index (χ4v) is 0.863. The van der Waals surface area contributed by atoms with Gasteiger partial charge in [0.05, 0.1) is 6.10 Å². The van der Waals surface area contributed by atoms with Crippen LogP contribution >= 0.6 is 11.6 Å². The Balaban J connectivity index is 4.28. The van der Waals surface area contributed by atoms with E-state index in [2.05, 4.69) is 0 Å². The van der Waals surface area contributed by atoms with E-state index >= 15 is 0 Å². The molecule has 1 amide bonds. The molecule has 4 heteroatoms. The first-order chi connectivity index (χ1) is 4.95. The Hall–Kier alpha value is -0.540. The summed E-state index contributed by atoms with van der Waals surface area (Å²) in [5.41, 5.74) is 5.26. The minimum atomic E-state index is -0.546. The molecule has 0 radical (unpaired) electrons. The average molecular weight is 178 g/mol. The van der Waals surface area contributed by atoms with Crippen molar-refractivity contribution in [2.45, 2.75) is 26.4 Å². The highest BCUT2D eigenvalue weighted by Crippen LogP contribution is 2.15. The van der Waals surface area contributed by atoms with E-state index in [1.807, 2.05) is 0 Å². The first kappa shape index (κ1) is 10.5. The van der Waals surface area contributed by atoms with Crippen LogP contribution in [-0.4, -0.2) is 17.1 Å². The standard InChI is InChI=1S/C7H12ClNO2/c1-4(10)3-6(8)5(2)7(9)11/h4,10H,3H2,1-2H3,(H2,9,11). The van der Waals surface area contributed by atoms with Gasteiger partial charge in [-0.3, -0.25) is 4.79 Å². The lowest BCUT2D eigenvalue weighted by Crippen LogP contribution is -2.13. The summed E-state index contributed by atoms with van der Waals surface area (Å²) < 4.78 is 0. The molecule has 0 rings (SSSR count). The van der Waals surface area contributed by atoms with Crippen molar-refractivity contribution in [2.24, 2.45) is 5.73 Å². The zero-order valence-electron chi connectivity index (χ0n) is 6.60. The van der Waals surface area contributed by atoms with Gasteiger partial charge in [0.25, 0.3) is 0 Å². The summed E-state index contributed by atoms with van der Waals surface area (Å²) >= 11 is 5.64. The molecule has 0 spiro atoms. The van der Waals surface area contributed by atoms with E-state index in [1.165, 1.54) is 6.92 Å². The molecule has 0 fully saturated rings. The normalized spacial score (nSPS) is 15.6. The molecule has 0 saturated carbocycles. The van der Waals surface area contributed by atoms with Crippen LogP contribution in [0.2, 0.25) is 0 Å². The Bertz CT molecular complexity index is 187. The van der Waals surface area contributed by atoms with Crippen molar-refractivity contribution in [3.05, 3.63) is 10.6 Å². The van der Waals surface area contributed by atoms with Crippen LogP contribution in [0.25, 0.3) is 0 Å². The van der Waals surface area contributed by atoms with Crippen molar-refractivity contribution in [2.75, 3.05) is 0 Å². The Morgan fingerprint density at radius 1 is 1.73 bits per heavy atom. The van der Waals surface area contributed by atoms with Crippen LogP contribution in [0.3, 0.4) is 0 Å². The predicted molar refractivity (Wildman–Crippen MR) is 44.0 cm³/mol. The van der Waals surface area contributed by atoms with Gasteiger partial charge in [0.15, 0.2) is 0 Å². The first-order valence-electron chi connectivity index (χ1n) is 3.28. The van der Waals surface area contributed by atoms with Gasteiger partial charge < -0.3 is 10.8 Å². The molecule has 0 aliphatic carbocycles. The number of hydrogen-bond acceptors (Lipinski definition) is 2. The molecule has 0 saturated heterocycles. The van der Waals surface area contributed by atoms with Gasteiger partial charge in [-0.15, -0.1) is 0 Å². The molecule has 1 atom stereocenters. The van der Waals surface area contributed by atoms with E-state index in [1.54, 1.807) is 6.92 Å². The molecule has 0 heterocycles. The third-order valence-corrected chi connectivity index (χ3v) is 1.69. The largest absolute Gasteiger partial charge is 0.393 e. The van der Waals surface area contributed by atoms with E-state index < -0.39 is 12.0 Å². The second-order valence-electron chi connectivity index (χ2n) is 2.45. The van der Waals surface area contributed by atoms with E-state index in [9.17, 15) is 4.79 Å². The number of halogens is 1. The molecule has 0 aromatic carbocycles. The van der Waals surface area contributed by atoms with Gasteiger partial charge in [0, 0.05) is 17.0 Å². The Kier molecular flexibility index (Phi) is 4.15. The molecule has 3 N–H and O–H groups in total. The maximum atomic E-state index is 10.5. The second-order valence-corrected chi connectivity index (χ2v) is 2.90. The highest BCUT2D eigenvalue weighted by molar-refractivity contribution is 6.31. The van der Waals surface area contributed by atoms with Crippen LogP contribution in [-0.2, 0) is 4.79 Å². The summed E-state index contributed by atoms with van der Waals surface area (Å²) in [7, 11) is 0. The molecule has 0 aromatic heterocycles. The highest BCUT2D eigenvalue weighted by atomic mass is 35.5. The number of carbonyl (C=O) groups excluding carboxylic acids is 1. The van der Waals surface area contributed by atoms with Gasteiger partial charge in [0.1, 0.15) is 0 Å². The molecule has 3 nitrogen and oxygen atoms in total. The van der Waals surface area contributed by atoms with Gasteiger partial charge in [-0.1, -0.05) is 11.6 Å². The van der Waals surface area contributed by atoms with Gasteiger partial charge in [0.2, 0.25) is 5.91 Å². The number of aliphatic hydroxyl groups is 1. The number of amides is 1. The van der Waals surface area contributed by atoms with Crippen LogP contribution in [0.15, 0.2) is 10.6 Å². The molecule has 0 bridgehead atoms. The topological polar surface area (TPSA) is 63.3 Å². The van der Waals surface area contributed by atoms with Crippen molar-refractivity contribution < 1.29 is 9.90 Å². The number of nitrogens with two attached hydrogens (primary N) is 1. The lowest BCUT2D eigenvalue weighted by atomic mass is 10.2. The highest BCUT2D eigenvalue weighted by Gasteiger charge is 2.07. The average Bonchev–Trinajstić information content (AvgIpc) is 1.84. The molecule has 0 aliphatic heterocycles. The number of aliphatic hydroxyl groups excluding tert-OH is 1. The lowest BCUT2D eigenvalue weighted by molar-refractivity contribution is -0.114. The molecular formula is C7H12ClNO2. The molecule has 0 aliphatic rings. The SMILES string of the molecule is CC(C(N)=O)=C(Cl)CC(C)O. The third kappa shape index (κ3) is 4.01. The zero-order chi connectivity index (χ0) is 9.02. The Morgan fingerprint density at radius 3 is 2.45 bits per heavy atom. The van der Waals surface area contributed by atoms with Gasteiger partial charge >= 0.3 is 0 Å². The van der Waals surface area contributed by atoms with Crippen molar-refractivity contribution in [1.82, 2.24) is 0 Å². The monoisotopic (exact) mass is 177 g/mol. The second kappa shape index (κ2) is 4.36. The van der Waals surface area contributed by atoms with Gasteiger partial charge in [-0.05, 0) is 13.8 Å². The number of primary amides is 1. The summed E-state index contributed by atoms with van der Waals surface area (Å²) in [5, 5.41) is 9.21.